The fourth-order valence-electron chi connectivity index (χ4n) is 2.29. The summed E-state index contributed by atoms with van der Waals surface area (Å²) in [5.41, 5.74) is 1.60. The molecule has 26 heavy (non-hydrogen) atoms. The molecule has 7 heteroatoms. The van der Waals surface area contributed by atoms with Crippen molar-refractivity contribution in [1.82, 2.24) is 19.7 Å². The summed E-state index contributed by atoms with van der Waals surface area (Å²) < 4.78 is 20.1. The van der Waals surface area contributed by atoms with Crippen LogP contribution in [0.4, 0.5) is 4.39 Å². The first-order valence-electron chi connectivity index (χ1n) is 8.29. The molecule has 0 amide bonds. The predicted octanol–water partition coefficient (Wildman–Crippen LogP) is 2.92. The summed E-state index contributed by atoms with van der Waals surface area (Å²) in [6, 6.07) is 9.41. The van der Waals surface area contributed by atoms with Gasteiger partial charge in [0.1, 0.15) is 5.82 Å². The van der Waals surface area contributed by atoms with Crippen molar-refractivity contribution in [3.8, 4) is 17.3 Å². The molecule has 0 aliphatic carbocycles. The van der Waals surface area contributed by atoms with E-state index in [2.05, 4.69) is 15.1 Å². The Labute approximate surface area is 150 Å². The Balaban J connectivity index is 1.81. The summed E-state index contributed by atoms with van der Waals surface area (Å²) in [7, 11) is 0. The van der Waals surface area contributed by atoms with Gasteiger partial charge >= 0.3 is 6.01 Å². The third kappa shape index (κ3) is 4.50. The Bertz CT molecular complexity index is 939. The van der Waals surface area contributed by atoms with Gasteiger partial charge in [-0.05, 0) is 29.7 Å². The van der Waals surface area contributed by atoms with E-state index < -0.39 is 0 Å². The van der Waals surface area contributed by atoms with E-state index in [4.69, 9.17) is 4.74 Å². The number of nitrogens with zero attached hydrogens (tertiary/aromatic N) is 4. The molecule has 0 spiro atoms. The van der Waals surface area contributed by atoms with Crippen molar-refractivity contribution in [2.75, 3.05) is 6.61 Å². The highest BCUT2D eigenvalue weighted by Crippen LogP contribution is 2.15. The van der Waals surface area contributed by atoms with Crippen molar-refractivity contribution in [2.24, 2.45) is 5.92 Å². The Hall–Kier alpha value is -3.09. The van der Waals surface area contributed by atoms with Crippen LogP contribution >= 0.6 is 0 Å². The highest BCUT2D eigenvalue weighted by Gasteiger charge is 2.07. The summed E-state index contributed by atoms with van der Waals surface area (Å²) in [5.74, 6) is 0.0309. The van der Waals surface area contributed by atoms with E-state index in [9.17, 15) is 9.18 Å². The maximum absolute atomic E-state index is 13.3. The second kappa shape index (κ2) is 7.86. The van der Waals surface area contributed by atoms with E-state index in [0.717, 1.165) is 0 Å². The molecule has 0 saturated carbocycles. The zero-order valence-corrected chi connectivity index (χ0v) is 14.6. The molecule has 6 nitrogen and oxygen atoms in total. The molecule has 0 N–H and O–H groups in total. The average molecular weight is 354 g/mol. The maximum atomic E-state index is 13.3. The van der Waals surface area contributed by atoms with Gasteiger partial charge in [-0.15, -0.1) is 0 Å². The Morgan fingerprint density at radius 1 is 1.15 bits per heavy atom. The highest BCUT2D eigenvalue weighted by atomic mass is 19.1. The second-order valence-electron chi connectivity index (χ2n) is 6.30. The fraction of sp³-hybridized carbons (Fsp3) is 0.263. The van der Waals surface area contributed by atoms with Gasteiger partial charge in [-0.2, -0.15) is 5.10 Å². The number of ether oxygens (including phenoxy) is 1. The summed E-state index contributed by atoms with van der Waals surface area (Å²) >= 11 is 0. The maximum Gasteiger partial charge on any atom is 0.316 e. The van der Waals surface area contributed by atoms with Gasteiger partial charge in [0.05, 0.1) is 18.8 Å². The molecule has 1 aromatic carbocycles. The van der Waals surface area contributed by atoms with Crippen LogP contribution in [0.3, 0.4) is 0 Å². The molecule has 0 saturated heterocycles. The van der Waals surface area contributed by atoms with Crippen molar-refractivity contribution in [3.63, 3.8) is 0 Å². The molecular formula is C19H19FN4O2. The third-order valence-corrected chi connectivity index (χ3v) is 3.56. The van der Waals surface area contributed by atoms with Crippen LogP contribution in [-0.4, -0.2) is 26.4 Å². The standard InChI is InChI=1S/C19H19FN4O2/c1-13(2)12-26-19-21-9-15(10-22-19)17-6-7-18(25)24(23-17)11-14-4-3-5-16(20)8-14/h3-10,13H,11-12H2,1-2H3. The van der Waals surface area contributed by atoms with Crippen LogP contribution in [0.25, 0.3) is 11.3 Å². The number of benzene rings is 1. The minimum absolute atomic E-state index is 0.181. The second-order valence-corrected chi connectivity index (χ2v) is 6.30. The van der Waals surface area contributed by atoms with Crippen LogP contribution in [-0.2, 0) is 6.54 Å². The zero-order valence-electron chi connectivity index (χ0n) is 14.6. The minimum atomic E-state index is -0.350. The Morgan fingerprint density at radius 3 is 2.62 bits per heavy atom. The van der Waals surface area contributed by atoms with Gasteiger partial charge in [0, 0.05) is 24.0 Å². The summed E-state index contributed by atoms with van der Waals surface area (Å²) in [6.45, 7) is 4.80. The van der Waals surface area contributed by atoms with E-state index in [1.165, 1.54) is 22.9 Å². The van der Waals surface area contributed by atoms with Crippen molar-refractivity contribution < 1.29 is 9.13 Å². The molecule has 0 aliphatic rings. The largest absolute Gasteiger partial charge is 0.463 e. The third-order valence-electron chi connectivity index (χ3n) is 3.56. The molecule has 3 rings (SSSR count). The van der Waals surface area contributed by atoms with E-state index in [1.54, 1.807) is 30.6 Å². The van der Waals surface area contributed by atoms with Crippen molar-refractivity contribution in [3.05, 3.63) is 70.5 Å². The number of hydrogen-bond acceptors (Lipinski definition) is 5. The summed E-state index contributed by atoms with van der Waals surface area (Å²) in [6.07, 6.45) is 3.20. The van der Waals surface area contributed by atoms with Crippen molar-refractivity contribution in [2.45, 2.75) is 20.4 Å². The molecule has 0 bridgehead atoms. The van der Waals surface area contributed by atoms with Gasteiger partial charge in [-0.25, -0.2) is 19.0 Å². The van der Waals surface area contributed by atoms with Crippen LogP contribution < -0.4 is 10.3 Å². The highest BCUT2D eigenvalue weighted by molar-refractivity contribution is 5.55. The van der Waals surface area contributed by atoms with Crippen LogP contribution in [0.15, 0.2) is 53.6 Å². The van der Waals surface area contributed by atoms with E-state index >= 15 is 0 Å². The minimum Gasteiger partial charge on any atom is -0.463 e. The SMILES string of the molecule is CC(C)COc1ncc(-c2ccc(=O)n(Cc3cccc(F)c3)n2)cn1. The lowest BCUT2D eigenvalue weighted by Crippen LogP contribution is -2.22. The molecule has 2 heterocycles. The van der Waals surface area contributed by atoms with Gasteiger partial charge in [0.25, 0.3) is 5.56 Å². The smallest absolute Gasteiger partial charge is 0.316 e. The molecule has 2 aromatic heterocycles. The van der Waals surface area contributed by atoms with Crippen molar-refractivity contribution >= 4 is 0 Å². The van der Waals surface area contributed by atoms with Crippen LogP contribution in [0.5, 0.6) is 6.01 Å². The van der Waals surface area contributed by atoms with Gasteiger partial charge in [-0.1, -0.05) is 26.0 Å². The molecule has 0 radical (unpaired) electrons. The van der Waals surface area contributed by atoms with E-state index in [-0.39, 0.29) is 17.9 Å². The zero-order chi connectivity index (χ0) is 18.5. The van der Waals surface area contributed by atoms with E-state index in [1.807, 2.05) is 13.8 Å². The molecule has 3 aromatic rings. The number of aromatic nitrogens is 4. The first-order valence-corrected chi connectivity index (χ1v) is 8.29. The molecule has 134 valence electrons. The van der Waals surface area contributed by atoms with Crippen LogP contribution in [0.1, 0.15) is 19.4 Å². The Morgan fingerprint density at radius 2 is 1.92 bits per heavy atom. The number of halogens is 1. The first-order chi connectivity index (χ1) is 12.5. The van der Waals surface area contributed by atoms with Gasteiger partial charge < -0.3 is 4.74 Å². The van der Waals surface area contributed by atoms with Crippen LogP contribution in [0.2, 0.25) is 0 Å². The average Bonchev–Trinajstić information content (AvgIpc) is 2.62. The Kier molecular flexibility index (Phi) is 5.36. The van der Waals surface area contributed by atoms with Crippen LogP contribution in [0, 0.1) is 11.7 Å². The number of rotatable bonds is 6. The quantitative estimate of drug-likeness (QED) is 0.681. The monoisotopic (exact) mass is 354 g/mol. The van der Waals surface area contributed by atoms with E-state index in [0.29, 0.717) is 35.4 Å². The topological polar surface area (TPSA) is 69.9 Å². The molecule has 0 aliphatic heterocycles. The van der Waals surface area contributed by atoms with Gasteiger partial charge in [-0.3, -0.25) is 4.79 Å². The van der Waals surface area contributed by atoms with Gasteiger partial charge in [0.2, 0.25) is 0 Å². The molecule has 0 unspecified atom stereocenters. The lowest BCUT2D eigenvalue weighted by molar-refractivity contribution is 0.251. The van der Waals surface area contributed by atoms with Gasteiger partial charge in [0.15, 0.2) is 0 Å². The lowest BCUT2D eigenvalue weighted by Gasteiger charge is -2.08. The van der Waals surface area contributed by atoms with Crippen molar-refractivity contribution in [1.29, 1.82) is 0 Å². The summed E-state index contributed by atoms with van der Waals surface area (Å²) in [5, 5.41) is 4.33. The fourth-order valence-corrected chi connectivity index (χ4v) is 2.29. The lowest BCUT2D eigenvalue weighted by atomic mass is 10.2. The predicted molar refractivity (Wildman–Crippen MR) is 95.4 cm³/mol. The first kappa shape index (κ1) is 17.7. The molecule has 0 fully saturated rings. The number of hydrogen-bond donors (Lipinski definition) is 0. The normalized spacial score (nSPS) is 10.9. The molecule has 0 atom stereocenters. The summed E-state index contributed by atoms with van der Waals surface area (Å²) in [4.78, 5) is 20.4. The molecular weight excluding hydrogens is 335 g/mol.